The van der Waals surface area contributed by atoms with Gasteiger partial charge in [-0.15, -0.1) is 0 Å². The summed E-state index contributed by atoms with van der Waals surface area (Å²) in [6.45, 7) is 2.45. The lowest BCUT2D eigenvalue weighted by Crippen LogP contribution is -2.17. The second-order valence-electron chi connectivity index (χ2n) is 4.90. The van der Waals surface area contributed by atoms with Crippen molar-refractivity contribution < 1.29 is 9.84 Å². The molecule has 0 aliphatic carbocycles. The highest BCUT2D eigenvalue weighted by atomic mass is 79.9. The van der Waals surface area contributed by atoms with Gasteiger partial charge in [-0.25, -0.2) is 0 Å². The number of hydrogen-bond acceptors (Lipinski definition) is 3. The van der Waals surface area contributed by atoms with Crippen LogP contribution in [0.3, 0.4) is 0 Å². The molecule has 0 heterocycles. The van der Waals surface area contributed by atoms with Gasteiger partial charge in [0.05, 0.1) is 4.47 Å². The van der Waals surface area contributed by atoms with Crippen LogP contribution in [-0.4, -0.2) is 11.1 Å². The molecule has 0 spiro atoms. The summed E-state index contributed by atoms with van der Waals surface area (Å²) >= 11 is 3.52. The topological polar surface area (TPSA) is 55.5 Å². The Labute approximate surface area is 127 Å². The lowest BCUT2D eigenvalue weighted by molar-refractivity contribution is 0.304. The molecule has 0 saturated heterocycles. The summed E-state index contributed by atoms with van der Waals surface area (Å²) < 4.78 is 6.69. The Bertz CT molecular complexity index is 567. The van der Waals surface area contributed by atoms with Crippen LogP contribution in [-0.2, 0) is 13.0 Å². The van der Waals surface area contributed by atoms with Gasteiger partial charge in [-0.1, -0.05) is 18.2 Å². The average molecular weight is 336 g/mol. The van der Waals surface area contributed by atoms with Crippen molar-refractivity contribution in [2.45, 2.75) is 26.0 Å². The largest absolute Gasteiger partial charge is 0.508 e. The van der Waals surface area contributed by atoms with Crippen molar-refractivity contribution in [3.8, 4) is 11.5 Å². The number of rotatable bonds is 5. The highest BCUT2D eigenvalue weighted by molar-refractivity contribution is 9.10. The fourth-order valence-corrected chi connectivity index (χ4v) is 2.45. The highest BCUT2D eigenvalue weighted by Gasteiger charge is 2.05. The van der Waals surface area contributed by atoms with Gasteiger partial charge in [-0.05, 0) is 64.7 Å². The maximum absolute atomic E-state index is 9.23. The molecule has 1 unspecified atom stereocenters. The Hall–Kier alpha value is -1.52. The molecule has 2 aromatic carbocycles. The molecule has 0 fully saturated rings. The quantitative estimate of drug-likeness (QED) is 0.877. The third kappa shape index (κ3) is 4.25. The zero-order chi connectivity index (χ0) is 14.5. The summed E-state index contributed by atoms with van der Waals surface area (Å²) in [6.07, 6.45) is 0.844. The molecular weight excluding hydrogens is 318 g/mol. The lowest BCUT2D eigenvalue weighted by Gasteiger charge is -2.11. The SMILES string of the molecule is CC(N)Cc1ccc(OCc2ccc(O)cc2)c(Br)c1. The number of ether oxygens (including phenoxy) is 1. The number of hydrogen-bond donors (Lipinski definition) is 2. The first-order valence-corrected chi connectivity index (χ1v) is 7.28. The molecule has 20 heavy (non-hydrogen) atoms. The van der Waals surface area contributed by atoms with Crippen molar-refractivity contribution in [1.82, 2.24) is 0 Å². The first-order chi connectivity index (χ1) is 9.54. The fraction of sp³-hybridized carbons (Fsp3) is 0.250. The van der Waals surface area contributed by atoms with E-state index in [9.17, 15) is 5.11 Å². The fourth-order valence-electron chi connectivity index (χ4n) is 1.91. The van der Waals surface area contributed by atoms with Crippen LogP contribution in [0, 0.1) is 0 Å². The maximum atomic E-state index is 9.23. The van der Waals surface area contributed by atoms with E-state index in [0.717, 1.165) is 22.2 Å². The number of halogens is 1. The number of benzene rings is 2. The van der Waals surface area contributed by atoms with Crippen molar-refractivity contribution in [3.05, 3.63) is 58.1 Å². The molecule has 0 bridgehead atoms. The zero-order valence-corrected chi connectivity index (χ0v) is 12.9. The number of aromatic hydroxyl groups is 1. The number of phenolic OH excluding ortho intramolecular Hbond substituents is 1. The maximum Gasteiger partial charge on any atom is 0.134 e. The second-order valence-corrected chi connectivity index (χ2v) is 5.76. The van der Waals surface area contributed by atoms with Gasteiger partial charge >= 0.3 is 0 Å². The number of nitrogens with two attached hydrogens (primary N) is 1. The van der Waals surface area contributed by atoms with E-state index in [4.69, 9.17) is 10.5 Å². The molecule has 106 valence electrons. The lowest BCUT2D eigenvalue weighted by atomic mass is 10.1. The van der Waals surface area contributed by atoms with Crippen molar-refractivity contribution in [2.24, 2.45) is 5.73 Å². The molecule has 0 saturated carbocycles. The number of phenols is 1. The predicted octanol–water partition coefficient (Wildman–Crippen LogP) is 3.62. The van der Waals surface area contributed by atoms with Crippen molar-refractivity contribution in [1.29, 1.82) is 0 Å². The second kappa shape index (κ2) is 6.77. The van der Waals surface area contributed by atoms with Crippen LogP contribution in [0.5, 0.6) is 11.5 Å². The predicted molar refractivity (Wildman–Crippen MR) is 83.9 cm³/mol. The molecule has 2 rings (SSSR count). The van der Waals surface area contributed by atoms with Crippen LogP contribution < -0.4 is 10.5 Å². The molecule has 3 nitrogen and oxygen atoms in total. The summed E-state index contributed by atoms with van der Waals surface area (Å²) in [6, 6.07) is 13.1. The van der Waals surface area contributed by atoms with Crippen molar-refractivity contribution in [2.75, 3.05) is 0 Å². The van der Waals surface area contributed by atoms with Crippen LogP contribution in [0.15, 0.2) is 46.9 Å². The highest BCUT2D eigenvalue weighted by Crippen LogP contribution is 2.27. The zero-order valence-electron chi connectivity index (χ0n) is 11.3. The van der Waals surface area contributed by atoms with Crippen LogP contribution in [0.2, 0.25) is 0 Å². The average Bonchev–Trinajstić information content (AvgIpc) is 2.39. The van der Waals surface area contributed by atoms with Crippen molar-refractivity contribution >= 4 is 15.9 Å². The summed E-state index contributed by atoms with van der Waals surface area (Å²) in [5.41, 5.74) is 7.99. The van der Waals surface area contributed by atoms with Gasteiger partial charge in [0, 0.05) is 6.04 Å². The minimum atomic E-state index is 0.144. The van der Waals surface area contributed by atoms with Gasteiger partial charge in [0.1, 0.15) is 18.1 Å². The molecule has 0 amide bonds. The van der Waals surface area contributed by atoms with Gasteiger partial charge in [0.2, 0.25) is 0 Å². The molecule has 3 N–H and O–H groups in total. The first-order valence-electron chi connectivity index (χ1n) is 6.49. The van der Waals surface area contributed by atoms with Gasteiger partial charge < -0.3 is 15.6 Å². The van der Waals surface area contributed by atoms with Gasteiger partial charge in [-0.3, -0.25) is 0 Å². The molecule has 1 atom stereocenters. The van der Waals surface area contributed by atoms with Gasteiger partial charge in [0.15, 0.2) is 0 Å². The van der Waals surface area contributed by atoms with Gasteiger partial charge in [-0.2, -0.15) is 0 Å². The van der Waals surface area contributed by atoms with Crippen LogP contribution in [0.25, 0.3) is 0 Å². The molecule has 0 aliphatic rings. The third-order valence-electron chi connectivity index (χ3n) is 2.88. The molecule has 0 radical (unpaired) electrons. The Balaban J connectivity index is 2.01. The summed E-state index contributed by atoms with van der Waals surface area (Å²) in [5, 5.41) is 9.23. The first kappa shape index (κ1) is 14.9. The minimum Gasteiger partial charge on any atom is -0.508 e. The normalized spacial score (nSPS) is 12.2. The van der Waals surface area contributed by atoms with Crippen LogP contribution in [0.4, 0.5) is 0 Å². The Morgan fingerprint density at radius 3 is 2.40 bits per heavy atom. The van der Waals surface area contributed by atoms with E-state index in [2.05, 4.69) is 15.9 Å². The summed E-state index contributed by atoms with van der Waals surface area (Å²) in [5.74, 6) is 1.06. The summed E-state index contributed by atoms with van der Waals surface area (Å²) in [4.78, 5) is 0. The minimum absolute atomic E-state index is 0.144. The molecule has 0 aromatic heterocycles. The van der Waals surface area contributed by atoms with E-state index < -0.39 is 0 Å². The van der Waals surface area contributed by atoms with E-state index in [0.29, 0.717) is 6.61 Å². The van der Waals surface area contributed by atoms with E-state index in [1.807, 2.05) is 37.3 Å². The molecular formula is C16H18BrNO2. The van der Waals surface area contributed by atoms with Crippen molar-refractivity contribution in [3.63, 3.8) is 0 Å². The third-order valence-corrected chi connectivity index (χ3v) is 3.50. The Morgan fingerprint density at radius 2 is 1.80 bits per heavy atom. The van der Waals surface area contributed by atoms with E-state index in [-0.39, 0.29) is 11.8 Å². The van der Waals surface area contributed by atoms with Gasteiger partial charge in [0.25, 0.3) is 0 Å². The molecule has 2 aromatic rings. The molecule has 4 heteroatoms. The summed E-state index contributed by atoms with van der Waals surface area (Å²) in [7, 11) is 0. The monoisotopic (exact) mass is 335 g/mol. The van der Waals surface area contributed by atoms with E-state index >= 15 is 0 Å². The van der Waals surface area contributed by atoms with Crippen LogP contribution in [0.1, 0.15) is 18.1 Å². The molecule has 0 aliphatic heterocycles. The standard InChI is InChI=1S/C16H18BrNO2/c1-11(18)8-13-4-7-16(15(17)9-13)20-10-12-2-5-14(19)6-3-12/h2-7,9,11,19H,8,10,18H2,1H3. The van der Waals surface area contributed by atoms with Crippen LogP contribution >= 0.6 is 15.9 Å². The van der Waals surface area contributed by atoms with E-state index in [1.165, 1.54) is 5.56 Å². The Kier molecular flexibility index (Phi) is 5.04. The van der Waals surface area contributed by atoms with E-state index in [1.54, 1.807) is 12.1 Å². The smallest absolute Gasteiger partial charge is 0.134 e. The Morgan fingerprint density at radius 1 is 1.15 bits per heavy atom.